The van der Waals surface area contributed by atoms with Gasteiger partial charge in [-0.05, 0) is 18.9 Å². The minimum absolute atomic E-state index is 0.00278. The molecule has 1 aliphatic heterocycles. The predicted molar refractivity (Wildman–Crippen MR) is 78.0 cm³/mol. The lowest BCUT2D eigenvalue weighted by Crippen LogP contribution is -2.42. The Morgan fingerprint density at radius 1 is 1.25 bits per heavy atom. The van der Waals surface area contributed by atoms with Gasteiger partial charge in [-0.3, -0.25) is 9.59 Å². The Kier molecular flexibility index (Phi) is 4.77. The minimum atomic E-state index is -0.550. The SMILES string of the molecule is CCCCN1C(=O)C(c2ccccc2)NC(=O)CC1C. The first kappa shape index (κ1) is 14.6. The van der Waals surface area contributed by atoms with Gasteiger partial charge < -0.3 is 10.2 Å². The first-order valence-corrected chi connectivity index (χ1v) is 7.28. The highest BCUT2D eigenvalue weighted by atomic mass is 16.2. The normalized spacial score (nSPS) is 23.4. The molecular weight excluding hydrogens is 252 g/mol. The van der Waals surface area contributed by atoms with Crippen LogP contribution in [-0.2, 0) is 9.59 Å². The van der Waals surface area contributed by atoms with Crippen molar-refractivity contribution in [2.75, 3.05) is 6.54 Å². The molecule has 0 aliphatic carbocycles. The van der Waals surface area contributed by atoms with Gasteiger partial charge in [0.1, 0.15) is 6.04 Å². The summed E-state index contributed by atoms with van der Waals surface area (Å²) in [7, 11) is 0. The van der Waals surface area contributed by atoms with Crippen molar-refractivity contribution in [1.82, 2.24) is 10.2 Å². The number of nitrogens with zero attached hydrogens (tertiary/aromatic N) is 1. The number of benzene rings is 1. The zero-order chi connectivity index (χ0) is 14.5. The second-order valence-electron chi connectivity index (χ2n) is 5.35. The summed E-state index contributed by atoms with van der Waals surface area (Å²) in [5.41, 5.74) is 0.849. The molecule has 108 valence electrons. The van der Waals surface area contributed by atoms with Gasteiger partial charge in [0.15, 0.2) is 0 Å². The Bertz CT molecular complexity index is 473. The summed E-state index contributed by atoms with van der Waals surface area (Å²) in [5.74, 6) is -0.0540. The monoisotopic (exact) mass is 274 g/mol. The summed E-state index contributed by atoms with van der Waals surface area (Å²) in [5, 5.41) is 2.85. The minimum Gasteiger partial charge on any atom is -0.340 e. The van der Waals surface area contributed by atoms with Gasteiger partial charge in [-0.25, -0.2) is 0 Å². The third-order valence-corrected chi connectivity index (χ3v) is 3.73. The van der Waals surface area contributed by atoms with Crippen LogP contribution in [0.4, 0.5) is 0 Å². The fraction of sp³-hybridized carbons (Fsp3) is 0.500. The van der Waals surface area contributed by atoms with E-state index in [1.54, 1.807) is 0 Å². The molecule has 0 bridgehead atoms. The highest BCUT2D eigenvalue weighted by Gasteiger charge is 2.34. The molecule has 1 aromatic carbocycles. The molecule has 2 rings (SSSR count). The summed E-state index contributed by atoms with van der Waals surface area (Å²) in [4.78, 5) is 26.5. The van der Waals surface area contributed by atoms with Crippen LogP contribution >= 0.6 is 0 Å². The highest BCUT2D eigenvalue weighted by molar-refractivity contribution is 5.91. The molecule has 4 nitrogen and oxygen atoms in total. The number of hydrogen-bond donors (Lipinski definition) is 1. The van der Waals surface area contributed by atoms with E-state index in [0.717, 1.165) is 24.9 Å². The molecule has 4 heteroatoms. The fourth-order valence-corrected chi connectivity index (χ4v) is 2.57. The van der Waals surface area contributed by atoms with E-state index >= 15 is 0 Å². The molecule has 0 saturated carbocycles. The maximum absolute atomic E-state index is 12.7. The van der Waals surface area contributed by atoms with E-state index in [2.05, 4.69) is 12.2 Å². The van der Waals surface area contributed by atoms with Crippen molar-refractivity contribution in [3.63, 3.8) is 0 Å². The zero-order valence-corrected chi connectivity index (χ0v) is 12.1. The highest BCUT2D eigenvalue weighted by Crippen LogP contribution is 2.22. The zero-order valence-electron chi connectivity index (χ0n) is 12.1. The van der Waals surface area contributed by atoms with Crippen molar-refractivity contribution in [3.8, 4) is 0 Å². The predicted octanol–water partition coefficient (Wildman–Crippen LogP) is 2.26. The average molecular weight is 274 g/mol. The molecule has 1 saturated heterocycles. The van der Waals surface area contributed by atoms with E-state index < -0.39 is 6.04 Å². The van der Waals surface area contributed by atoms with Crippen LogP contribution in [0.2, 0.25) is 0 Å². The molecule has 1 fully saturated rings. The molecule has 0 radical (unpaired) electrons. The van der Waals surface area contributed by atoms with Crippen LogP contribution in [0.25, 0.3) is 0 Å². The van der Waals surface area contributed by atoms with Crippen LogP contribution in [0.5, 0.6) is 0 Å². The Morgan fingerprint density at radius 3 is 2.60 bits per heavy atom. The number of carbonyl (C=O) groups excluding carboxylic acids is 2. The van der Waals surface area contributed by atoms with Crippen LogP contribution in [0, 0.1) is 0 Å². The van der Waals surface area contributed by atoms with Crippen molar-refractivity contribution >= 4 is 11.8 Å². The van der Waals surface area contributed by atoms with Crippen molar-refractivity contribution in [3.05, 3.63) is 35.9 Å². The van der Waals surface area contributed by atoms with E-state index in [-0.39, 0.29) is 17.9 Å². The molecule has 1 aliphatic rings. The number of carbonyl (C=O) groups is 2. The van der Waals surface area contributed by atoms with Crippen LogP contribution in [-0.4, -0.2) is 29.3 Å². The van der Waals surface area contributed by atoms with Gasteiger partial charge in [-0.2, -0.15) is 0 Å². The van der Waals surface area contributed by atoms with Gasteiger partial charge in [-0.1, -0.05) is 43.7 Å². The molecule has 2 unspecified atom stereocenters. The lowest BCUT2D eigenvalue weighted by atomic mass is 10.1. The van der Waals surface area contributed by atoms with Gasteiger partial charge in [-0.15, -0.1) is 0 Å². The number of amides is 2. The standard InChI is InChI=1S/C16H22N2O2/c1-3-4-10-18-12(2)11-14(19)17-15(16(18)20)13-8-6-5-7-9-13/h5-9,12,15H,3-4,10-11H2,1-2H3,(H,17,19). The quantitative estimate of drug-likeness (QED) is 0.915. The van der Waals surface area contributed by atoms with E-state index in [9.17, 15) is 9.59 Å². The molecule has 0 aromatic heterocycles. The number of unbranched alkanes of at least 4 members (excludes halogenated alkanes) is 1. The van der Waals surface area contributed by atoms with Crippen molar-refractivity contribution < 1.29 is 9.59 Å². The molecule has 1 aromatic rings. The van der Waals surface area contributed by atoms with E-state index in [0.29, 0.717) is 6.42 Å². The third kappa shape index (κ3) is 3.18. The smallest absolute Gasteiger partial charge is 0.250 e. The average Bonchev–Trinajstić information content (AvgIpc) is 2.55. The van der Waals surface area contributed by atoms with Crippen LogP contribution in [0.1, 0.15) is 44.7 Å². The van der Waals surface area contributed by atoms with Gasteiger partial charge in [0.2, 0.25) is 11.8 Å². The first-order valence-electron chi connectivity index (χ1n) is 7.28. The maximum atomic E-state index is 12.7. The van der Waals surface area contributed by atoms with Gasteiger partial charge >= 0.3 is 0 Å². The second kappa shape index (κ2) is 6.55. The summed E-state index contributed by atoms with van der Waals surface area (Å²) in [6.45, 7) is 4.76. The maximum Gasteiger partial charge on any atom is 0.250 e. The fourth-order valence-electron chi connectivity index (χ4n) is 2.57. The van der Waals surface area contributed by atoms with Crippen LogP contribution < -0.4 is 5.32 Å². The second-order valence-corrected chi connectivity index (χ2v) is 5.35. The van der Waals surface area contributed by atoms with E-state index in [1.807, 2.05) is 42.2 Å². The Balaban J connectivity index is 2.26. The molecule has 2 atom stereocenters. The van der Waals surface area contributed by atoms with E-state index in [4.69, 9.17) is 0 Å². The molecule has 0 spiro atoms. The molecule has 20 heavy (non-hydrogen) atoms. The lowest BCUT2D eigenvalue weighted by Gasteiger charge is -2.28. The molecule has 2 amide bonds. The van der Waals surface area contributed by atoms with Crippen molar-refractivity contribution in [2.24, 2.45) is 0 Å². The van der Waals surface area contributed by atoms with Gasteiger partial charge in [0, 0.05) is 19.0 Å². The summed E-state index contributed by atoms with van der Waals surface area (Å²) >= 11 is 0. The number of nitrogens with one attached hydrogen (secondary N) is 1. The molecule has 1 N–H and O–H groups in total. The van der Waals surface area contributed by atoms with Crippen molar-refractivity contribution in [2.45, 2.75) is 45.2 Å². The van der Waals surface area contributed by atoms with Gasteiger partial charge in [0.05, 0.1) is 0 Å². The lowest BCUT2D eigenvalue weighted by molar-refractivity contribution is -0.135. The van der Waals surface area contributed by atoms with Crippen LogP contribution in [0.3, 0.4) is 0 Å². The summed E-state index contributed by atoms with van der Waals surface area (Å²) in [6, 6.07) is 8.87. The Morgan fingerprint density at radius 2 is 1.95 bits per heavy atom. The first-order chi connectivity index (χ1) is 9.63. The van der Waals surface area contributed by atoms with Gasteiger partial charge in [0.25, 0.3) is 0 Å². The van der Waals surface area contributed by atoms with E-state index in [1.165, 1.54) is 0 Å². The Hall–Kier alpha value is -1.84. The topological polar surface area (TPSA) is 49.4 Å². The van der Waals surface area contributed by atoms with Crippen LogP contribution in [0.15, 0.2) is 30.3 Å². The van der Waals surface area contributed by atoms with Crippen molar-refractivity contribution in [1.29, 1.82) is 0 Å². The number of hydrogen-bond acceptors (Lipinski definition) is 2. The molecule has 1 heterocycles. The summed E-state index contributed by atoms with van der Waals surface area (Å²) < 4.78 is 0. The molecular formula is C16H22N2O2. The Labute approximate surface area is 120 Å². The summed E-state index contributed by atoms with van der Waals surface area (Å²) in [6.07, 6.45) is 2.37. The third-order valence-electron chi connectivity index (χ3n) is 3.73. The number of rotatable bonds is 4. The largest absolute Gasteiger partial charge is 0.340 e.